The fourth-order valence-corrected chi connectivity index (χ4v) is 1.60. The number of hydrogen-bond acceptors (Lipinski definition) is 4. The van der Waals surface area contributed by atoms with E-state index in [1.54, 1.807) is 20.8 Å². The summed E-state index contributed by atoms with van der Waals surface area (Å²) in [6.07, 6.45) is -5.81. The van der Waals surface area contributed by atoms with E-state index in [2.05, 4.69) is 4.99 Å². The number of nitrogens with two attached hydrogens (primary N) is 1. The van der Waals surface area contributed by atoms with Crippen molar-refractivity contribution in [2.45, 2.75) is 32.5 Å². The molecule has 10 heteroatoms. The van der Waals surface area contributed by atoms with Gasteiger partial charge in [-0.25, -0.2) is 14.6 Å². The van der Waals surface area contributed by atoms with Crippen LogP contribution in [0.1, 0.15) is 36.7 Å². The number of alkyl carbamates (subject to hydrolysis) is 1. The van der Waals surface area contributed by atoms with E-state index in [4.69, 9.17) is 15.6 Å². The van der Waals surface area contributed by atoms with Crippen molar-refractivity contribution in [3.63, 3.8) is 0 Å². The topological polar surface area (TPSA) is 114 Å². The average molecular weight is 347 g/mol. The number of carboxylic acid groups (broad SMARTS) is 1. The van der Waals surface area contributed by atoms with Crippen molar-refractivity contribution in [1.29, 1.82) is 0 Å². The molecule has 1 aromatic rings. The zero-order valence-electron chi connectivity index (χ0n) is 13.1. The van der Waals surface area contributed by atoms with Gasteiger partial charge in [0.1, 0.15) is 5.60 Å². The number of carbonyl (C=O) groups is 2. The van der Waals surface area contributed by atoms with Crippen LogP contribution in [0.5, 0.6) is 0 Å². The Labute approximate surface area is 135 Å². The number of halogens is 3. The molecule has 4 N–H and O–H groups in total. The van der Waals surface area contributed by atoms with Gasteiger partial charge in [-0.1, -0.05) is 0 Å². The Balaban J connectivity index is 3.06. The maximum absolute atomic E-state index is 12.9. The minimum Gasteiger partial charge on any atom is -0.478 e. The number of carboxylic acids is 1. The van der Waals surface area contributed by atoms with E-state index in [-0.39, 0.29) is 5.69 Å². The molecule has 0 aliphatic carbocycles. The molecule has 0 aliphatic rings. The van der Waals surface area contributed by atoms with E-state index in [9.17, 15) is 22.8 Å². The summed E-state index contributed by atoms with van der Waals surface area (Å²) in [6, 6.07) is 2.31. The third-order valence-electron chi connectivity index (χ3n) is 2.42. The fraction of sp³-hybridized carbons (Fsp3) is 0.357. The number of ether oxygens (including phenoxy) is 1. The summed E-state index contributed by atoms with van der Waals surface area (Å²) in [5, 5.41) is 10.8. The molecule has 0 saturated heterocycles. The van der Waals surface area contributed by atoms with E-state index in [1.807, 2.05) is 5.32 Å². The molecular weight excluding hydrogens is 331 g/mol. The van der Waals surface area contributed by atoms with Crippen LogP contribution in [0.2, 0.25) is 0 Å². The van der Waals surface area contributed by atoms with Crippen LogP contribution < -0.4 is 11.1 Å². The van der Waals surface area contributed by atoms with Gasteiger partial charge < -0.3 is 15.6 Å². The van der Waals surface area contributed by atoms with Gasteiger partial charge in [0.15, 0.2) is 0 Å². The minimum absolute atomic E-state index is 0.277. The number of nitrogens with one attached hydrogen (secondary N) is 1. The highest BCUT2D eigenvalue weighted by Gasteiger charge is 2.35. The molecule has 0 radical (unpaired) electrons. The Kier molecular flexibility index (Phi) is 5.43. The van der Waals surface area contributed by atoms with Crippen LogP contribution in [0.15, 0.2) is 23.2 Å². The second-order valence-corrected chi connectivity index (χ2v) is 5.66. The second kappa shape index (κ2) is 6.77. The molecule has 0 aliphatic heterocycles. The molecule has 0 fully saturated rings. The molecule has 7 nitrogen and oxygen atoms in total. The van der Waals surface area contributed by atoms with E-state index in [0.29, 0.717) is 6.07 Å². The predicted molar refractivity (Wildman–Crippen MR) is 79.1 cm³/mol. The Morgan fingerprint density at radius 1 is 1.25 bits per heavy atom. The molecule has 0 unspecified atom stereocenters. The maximum Gasteiger partial charge on any atom is 0.417 e. The Morgan fingerprint density at radius 2 is 1.83 bits per heavy atom. The van der Waals surface area contributed by atoms with Gasteiger partial charge in [0.25, 0.3) is 0 Å². The first-order chi connectivity index (χ1) is 10.8. The lowest BCUT2D eigenvalue weighted by Gasteiger charge is -2.19. The number of hydrogen-bond donors (Lipinski definition) is 3. The lowest BCUT2D eigenvalue weighted by Crippen LogP contribution is -2.40. The van der Waals surface area contributed by atoms with Gasteiger partial charge >= 0.3 is 18.2 Å². The molecule has 0 spiro atoms. The van der Waals surface area contributed by atoms with Gasteiger partial charge in [0.05, 0.1) is 16.8 Å². The number of aliphatic imine (C=N–C) groups is 1. The van der Waals surface area contributed by atoms with Crippen LogP contribution in [0.4, 0.5) is 23.7 Å². The molecule has 24 heavy (non-hydrogen) atoms. The van der Waals surface area contributed by atoms with E-state index in [1.165, 1.54) is 0 Å². The monoisotopic (exact) mass is 347 g/mol. The molecule has 0 saturated carbocycles. The van der Waals surface area contributed by atoms with Crippen LogP contribution in [0.3, 0.4) is 0 Å². The SMILES string of the molecule is CC(C)(C)OC(=O)NC(N)=Nc1ccc(C(=O)O)c(C(F)(F)F)c1. The Hall–Kier alpha value is -2.78. The highest BCUT2D eigenvalue weighted by Crippen LogP contribution is 2.34. The summed E-state index contributed by atoms with van der Waals surface area (Å²) in [5.41, 5.74) is 2.06. The first-order valence-electron chi connectivity index (χ1n) is 6.58. The number of guanidine groups is 1. The lowest BCUT2D eigenvalue weighted by molar-refractivity contribution is -0.138. The third kappa shape index (κ3) is 5.78. The van der Waals surface area contributed by atoms with Crippen molar-refractivity contribution in [3.8, 4) is 0 Å². The van der Waals surface area contributed by atoms with Crippen LogP contribution in [-0.4, -0.2) is 28.7 Å². The maximum atomic E-state index is 12.9. The van der Waals surface area contributed by atoms with Crippen LogP contribution in [-0.2, 0) is 10.9 Å². The standard InChI is InChI=1S/C14H16F3N3O4/c1-13(2,3)24-12(23)20-11(18)19-7-4-5-8(10(21)22)9(6-7)14(15,16)17/h4-6H,1-3H3,(H,21,22)(H3,18,19,20,23). The van der Waals surface area contributed by atoms with Gasteiger partial charge in [-0.15, -0.1) is 0 Å². The van der Waals surface area contributed by atoms with Crippen molar-refractivity contribution < 1.29 is 32.6 Å². The van der Waals surface area contributed by atoms with Crippen LogP contribution in [0, 0.1) is 0 Å². The first kappa shape index (κ1) is 19.3. The summed E-state index contributed by atoms with van der Waals surface area (Å²) in [7, 11) is 0. The molecule has 0 atom stereocenters. The van der Waals surface area contributed by atoms with E-state index >= 15 is 0 Å². The molecule has 132 valence electrons. The largest absolute Gasteiger partial charge is 0.478 e. The zero-order valence-corrected chi connectivity index (χ0v) is 13.1. The average Bonchev–Trinajstić information content (AvgIpc) is 2.34. The molecule has 1 amide bonds. The van der Waals surface area contributed by atoms with Crippen molar-refractivity contribution in [2.75, 3.05) is 0 Å². The Bertz CT molecular complexity index is 679. The summed E-state index contributed by atoms with van der Waals surface area (Å²) in [4.78, 5) is 25.9. The van der Waals surface area contributed by atoms with Crippen LogP contribution >= 0.6 is 0 Å². The number of alkyl halides is 3. The van der Waals surface area contributed by atoms with Gasteiger partial charge in [-0.05, 0) is 39.0 Å². The number of amides is 1. The number of rotatable bonds is 2. The van der Waals surface area contributed by atoms with Crippen LogP contribution in [0.25, 0.3) is 0 Å². The summed E-state index contributed by atoms with van der Waals surface area (Å²) in [5.74, 6) is -2.22. The molecule has 0 bridgehead atoms. The van der Waals surface area contributed by atoms with Crippen molar-refractivity contribution in [3.05, 3.63) is 29.3 Å². The van der Waals surface area contributed by atoms with E-state index < -0.39 is 40.9 Å². The summed E-state index contributed by atoms with van der Waals surface area (Å²) in [6.45, 7) is 4.83. The summed E-state index contributed by atoms with van der Waals surface area (Å²) >= 11 is 0. The number of carbonyl (C=O) groups excluding carboxylic acids is 1. The minimum atomic E-state index is -4.88. The lowest BCUT2D eigenvalue weighted by atomic mass is 10.1. The predicted octanol–water partition coefficient (Wildman–Crippen LogP) is 2.87. The quantitative estimate of drug-likeness (QED) is 0.562. The Morgan fingerprint density at radius 3 is 2.29 bits per heavy atom. The van der Waals surface area contributed by atoms with E-state index in [0.717, 1.165) is 12.1 Å². The molecule has 0 aromatic heterocycles. The van der Waals surface area contributed by atoms with Crippen molar-refractivity contribution in [1.82, 2.24) is 5.32 Å². The van der Waals surface area contributed by atoms with Crippen molar-refractivity contribution >= 4 is 23.7 Å². The van der Waals surface area contributed by atoms with Gasteiger partial charge in [0, 0.05) is 0 Å². The number of nitrogens with zero attached hydrogens (tertiary/aromatic N) is 1. The highest BCUT2D eigenvalue weighted by atomic mass is 19.4. The zero-order chi connectivity index (χ0) is 18.7. The van der Waals surface area contributed by atoms with Gasteiger partial charge in [-0.3, -0.25) is 5.32 Å². The number of benzene rings is 1. The van der Waals surface area contributed by atoms with Gasteiger partial charge in [0.2, 0.25) is 5.96 Å². The van der Waals surface area contributed by atoms with Crippen molar-refractivity contribution in [2.24, 2.45) is 10.7 Å². The van der Waals surface area contributed by atoms with Gasteiger partial charge in [-0.2, -0.15) is 13.2 Å². The molecule has 1 aromatic carbocycles. The first-order valence-corrected chi connectivity index (χ1v) is 6.58. The molecular formula is C14H16F3N3O4. The molecule has 0 heterocycles. The number of aromatic carboxylic acids is 1. The summed E-state index contributed by atoms with van der Waals surface area (Å²) < 4.78 is 43.6. The third-order valence-corrected chi connectivity index (χ3v) is 2.42. The highest BCUT2D eigenvalue weighted by molar-refractivity contribution is 5.95. The smallest absolute Gasteiger partial charge is 0.417 e. The second-order valence-electron chi connectivity index (χ2n) is 5.66. The normalized spacial score (nSPS) is 12.7. The fourth-order valence-electron chi connectivity index (χ4n) is 1.60. The molecule has 1 rings (SSSR count).